The van der Waals surface area contributed by atoms with Crippen molar-refractivity contribution in [1.82, 2.24) is 0 Å². The molecule has 9 heteroatoms. The SMILES string of the molecule is CCOC(=O)c1ccc(NC(=O)CN(c2ccccc2OC)S(C)(=O)=O)c(C)c1. The molecule has 0 radical (unpaired) electrons. The van der Waals surface area contributed by atoms with Crippen LogP contribution in [0.3, 0.4) is 0 Å². The summed E-state index contributed by atoms with van der Waals surface area (Å²) in [7, 11) is -2.32. The number of benzene rings is 2. The van der Waals surface area contributed by atoms with Gasteiger partial charge in [0.15, 0.2) is 0 Å². The van der Waals surface area contributed by atoms with Crippen LogP contribution < -0.4 is 14.4 Å². The molecular weight excluding hydrogens is 396 g/mol. The standard InChI is InChI=1S/C20H24N2O6S/c1-5-28-20(24)15-10-11-16(14(2)12-15)21-19(23)13-22(29(4,25)26)17-8-6-7-9-18(17)27-3/h6-12H,5,13H2,1-4H3,(H,21,23). The molecule has 2 aromatic rings. The van der Waals surface area contributed by atoms with E-state index in [4.69, 9.17) is 9.47 Å². The Morgan fingerprint density at radius 1 is 1.14 bits per heavy atom. The molecule has 0 aliphatic rings. The minimum atomic E-state index is -3.74. The lowest BCUT2D eigenvalue weighted by Gasteiger charge is -2.23. The van der Waals surface area contributed by atoms with Crippen molar-refractivity contribution in [2.24, 2.45) is 0 Å². The Morgan fingerprint density at radius 3 is 2.41 bits per heavy atom. The molecule has 0 aromatic heterocycles. The maximum Gasteiger partial charge on any atom is 0.338 e. The highest BCUT2D eigenvalue weighted by Crippen LogP contribution is 2.29. The van der Waals surface area contributed by atoms with Crippen molar-refractivity contribution in [3.63, 3.8) is 0 Å². The number of ether oxygens (including phenoxy) is 2. The molecule has 0 saturated heterocycles. The monoisotopic (exact) mass is 420 g/mol. The highest BCUT2D eigenvalue weighted by Gasteiger charge is 2.24. The summed E-state index contributed by atoms with van der Waals surface area (Å²) in [5, 5.41) is 2.68. The van der Waals surface area contributed by atoms with Crippen LogP contribution in [0.25, 0.3) is 0 Å². The number of carbonyl (C=O) groups is 2. The first-order valence-corrected chi connectivity index (χ1v) is 10.7. The first kappa shape index (κ1) is 22.2. The quantitative estimate of drug-likeness (QED) is 0.659. The fourth-order valence-electron chi connectivity index (χ4n) is 2.68. The Kier molecular flexibility index (Phi) is 7.22. The number of nitrogens with zero attached hydrogens (tertiary/aromatic N) is 1. The van der Waals surface area contributed by atoms with E-state index in [2.05, 4.69) is 5.32 Å². The van der Waals surface area contributed by atoms with Gasteiger partial charge in [-0.05, 0) is 49.7 Å². The largest absolute Gasteiger partial charge is 0.495 e. The number of carbonyl (C=O) groups excluding carboxylic acids is 2. The third-order valence-corrected chi connectivity index (χ3v) is 5.18. The number of sulfonamides is 1. The molecule has 0 heterocycles. The molecule has 8 nitrogen and oxygen atoms in total. The van der Waals surface area contributed by atoms with Crippen molar-refractivity contribution in [3.05, 3.63) is 53.6 Å². The molecule has 0 spiro atoms. The molecule has 29 heavy (non-hydrogen) atoms. The molecule has 1 amide bonds. The smallest absolute Gasteiger partial charge is 0.338 e. The minimum Gasteiger partial charge on any atom is -0.495 e. The van der Waals surface area contributed by atoms with Gasteiger partial charge in [-0.1, -0.05) is 12.1 Å². The molecule has 2 rings (SSSR count). The zero-order valence-electron chi connectivity index (χ0n) is 16.8. The van der Waals surface area contributed by atoms with Gasteiger partial charge in [0.1, 0.15) is 12.3 Å². The van der Waals surface area contributed by atoms with Gasteiger partial charge in [-0.15, -0.1) is 0 Å². The Balaban J connectivity index is 2.22. The number of rotatable bonds is 8. The third-order valence-electron chi connectivity index (χ3n) is 4.05. The van der Waals surface area contributed by atoms with Gasteiger partial charge in [0.2, 0.25) is 15.9 Å². The van der Waals surface area contributed by atoms with E-state index < -0.39 is 28.4 Å². The predicted octanol–water partition coefficient (Wildman–Crippen LogP) is 2.59. The summed E-state index contributed by atoms with van der Waals surface area (Å²) in [5.41, 5.74) is 1.75. The molecule has 0 bridgehead atoms. The predicted molar refractivity (Wildman–Crippen MR) is 111 cm³/mol. The summed E-state index contributed by atoms with van der Waals surface area (Å²) < 4.78 is 35.7. The van der Waals surface area contributed by atoms with Gasteiger partial charge in [-0.2, -0.15) is 0 Å². The molecule has 0 unspecified atom stereocenters. The van der Waals surface area contributed by atoms with E-state index in [1.165, 1.54) is 13.2 Å². The van der Waals surface area contributed by atoms with Crippen LogP contribution >= 0.6 is 0 Å². The summed E-state index contributed by atoms with van der Waals surface area (Å²) >= 11 is 0. The van der Waals surface area contributed by atoms with E-state index in [9.17, 15) is 18.0 Å². The van der Waals surface area contributed by atoms with Gasteiger partial charge in [0, 0.05) is 5.69 Å². The number of anilines is 2. The highest BCUT2D eigenvalue weighted by molar-refractivity contribution is 7.92. The van der Waals surface area contributed by atoms with Crippen molar-refractivity contribution in [2.45, 2.75) is 13.8 Å². The number of nitrogens with one attached hydrogen (secondary N) is 1. The van der Waals surface area contributed by atoms with Gasteiger partial charge in [-0.25, -0.2) is 13.2 Å². The molecule has 0 saturated carbocycles. The summed E-state index contributed by atoms with van der Waals surface area (Å²) in [5.74, 6) is -0.651. The van der Waals surface area contributed by atoms with Crippen LogP contribution in [0.5, 0.6) is 5.75 Å². The molecule has 156 valence electrons. The lowest BCUT2D eigenvalue weighted by Crippen LogP contribution is -2.37. The van der Waals surface area contributed by atoms with Gasteiger partial charge in [0.25, 0.3) is 0 Å². The van der Waals surface area contributed by atoms with Crippen LogP contribution in [0.2, 0.25) is 0 Å². The molecular formula is C20H24N2O6S. The first-order chi connectivity index (χ1) is 13.7. The minimum absolute atomic E-state index is 0.265. The van der Waals surface area contributed by atoms with Crippen LogP contribution in [-0.4, -0.2) is 46.8 Å². The Labute approximate surface area is 170 Å². The molecule has 0 aliphatic heterocycles. The van der Waals surface area contributed by atoms with E-state index in [1.807, 2.05) is 0 Å². The normalized spacial score (nSPS) is 10.9. The second-order valence-electron chi connectivity index (χ2n) is 6.24. The van der Waals surface area contributed by atoms with Gasteiger partial charge in [-0.3, -0.25) is 9.10 Å². The zero-order valence-corrected chi connectivity index (χ0v) is 17.6. The summed E-state index contributed by atoms with van der Waals surface area (Å²) in [6.07, 6.45) is 1.02. The van der Waals surface area contributed by atoms with E-state index in [1.54, 1.807) is 50.2 Å². The summed E-state index contributed by atoms with van der Waals surface area (Å²) in [4.78, 5) is 24.4. The lowest BCUT2D eigenvalue weighted by atomic mass is 10.1. The molecule has 0 atom stereocenters. The van der Waals surface area contributed by atoms with E-state index in [-0.39, 0.29) is 12.3 Å². The van der Waals surface area contributed by atoms with E-state index in [0.717, 1.165) is 10.6 Å². The average molecular weight is 420 g/mol. The first-order valence-electron chi connectivity index (χ1n) is 8.85. The maximum atomic E-state index is 12.6. The molecule has 2 aromatic carbocycles. The van der Waals surface area contributed by atoms with Crippen molar-refractivity contribution < 1.29 is 27.5 Å². The van der Waals surface area contributed by atoms with Crippen molar-refractivity contribution >= 4 is 33.3 Å². The fraction of sp³-hybridized carbons (Fsp3) is 0.300. The third kappa shape index (κ3) is 5.71. The number of methoxy groups -OCH3 is 1. The fourth-order valence-corrected chi connectivity index (χ4v) is 3.54. The average Bonchev–Trinajstić information content (AvgIpc) is 2.67. The van der Waals surface area contributed by atoms with E-state index >= 15 is 0 Å². The van der Waals surface area contributed by atoms with Gasteiger partial charge >= 0.3 is 5.97 Å². The number of hydrogen-bond acceptors (Lipinski definition) is 6. The van der Waals surface area contributed by atoms with Gasteiger partial charge < -0.3 is 14.8 Å². The number of aryl methyl sites for hydroxylation is 1. The number of para-hydroxylation sites is 2. The Morgan fingerprint density at radius 2 is 1.83 bits per heavy atom. The molecule has 0 fully saturated rings. The number of amides is 1. The second kappa shape index (κ2) is 9.42. The highest BCUT2D eigenvalue weighted by atomic mass is 32.2. The Bertz CT molecular complexity index is 1000. The van der Waals surface area contributed by atoms with Crippen molar-refractivity contribution in [3.8, 4) is 5.75 Å². The molecule has 0 aliphatic carbocycles. The number of hydrogen-bond donors (Lipinski definition) is 1. The van der Waals surface area contributed by atoms with Crippen LogP contribution in [0.15, 0.2) is 42.5 Å². The van der Waals surface area contributed by atoms with Crippen LogP contribution in [0.4, 0.5) is 11.4 Å². The maximum absolute atomic E-state index is 12.6. The van der Waals surface area contributed by atoms with Crippen LogP contribution in [-0.2, 0) is 19.6 Å². The molecule has 1 N–H and O–H groups in total. The van der Waals surface area contributed by atoms with E-state index in [0.29, 0.717) is 22.6 Å². The number of esters is 1. The van der Waals surface area contributed by atoms with Crippen molar-refractivity contribution in [1.29, 1.82) is 0 Å². The van der Waals surface area contributed by atoms with Crippen LogP contribution in [0, 0.1) is 6.92 Å². The topological polar surface area (TPSA) is 102 Å². The zero-order chi connectivity index (χ0) is 21.6. The lowest BCUT2D eigenvalue weighted by molar-refractivity contribution is -0.114. The van der Waals surface area contributed by atoms with Crippen molar-refractivity contribution in [2.75, 3.05) is 36.1 Å². The summed E-state index contributed by atoms with van der Waals surface area (Å²) in [6, 6.07) is 11.3. The second-order valence-corrected chi connectivity index (χ2v) is 8.15. The Hall–Kier alpha value is -3.07. The summed E-state index contributed by atoms with van der Waals surface area (Å²) in [6.45, 7) is 3.28. The van der Waals surface area contributed by atoms with Crippen LogP contribution in [0.1, 0.15) is 22.8 Å². The van der Waals surface area contributed by atoms with Gasteiger partial charge in [0.05, 0.1) is 31.2 Å².